The molecule has 2 N–H and O–H groups in total. The zero-order chi connectivity index (χ0) is 14.7. The van der Waals surface area contributed by atoms with E-state index in [1.54, 1.807) is 13.8 Å². The highest BCUT2D eigenvalue weighted by Crippen LogP contribution is 2.30. The van der Waals surface area contributed by atoms with Crippen molar-refractivity contribution in [3.63, 3.8) is 0 Å². The zero-order valence-electron chi connectivity index (χ0n) is 12.6. The van der Waals surface area contributed by atoms with Gasteiger partial charge in [-0.25, -0.2) is 0 Å². The summed E-state index contributed by atoms with van der Waals surface area (Å²) in [5, 5.41) is 6.12. The van der Waals surface area contributed by atoms with E-state index in [0.717, 1.165) is 19.4 Å². The van der Waals surface area contributed by atoms with Gasteiger partial charge in [0.2, 0.25) is 5.91 Å². The number of hydrogen-bond acceptors (Lipinski definition) is 4. The Morgan fingerprint density at radius 2 is 2.05 bits per heavy atom. The van der Waals surface area contributed by atoms with E-state index >= 15 is 0 Å². The van der Waals surface area contributed by atoms with Crippen molar-refractivity contribution in [2.45, 2.75) is 46.6 Å². The highest BCUT2D eigenvalue weighted by atomic mass is 16.5. The van der Waals surface area contributed by atoms with Crippen LogP contribution in [0.1, 0.15) is 40.5 Å². The molecule has 1 aliphatic rings. The summed E-state index contributed by atoms with van der Waals surface area (Å²) in [4.78, 5) is 23.8. The summed E-state index contributed by atoms with van der Waals surface area (Å²) in [6.45, 7) is 8.86. The second-order valence-corrected chi connectivity index (χ2v) is 6.57. The molecule has 0 saturated carbocycles. The first-order chi connectivity index (χ1) is 8.70. The first-order valence-electron chi connectivity index (χ1n) is 6.80. The van der Waals surface area contributed by atoms with E-state index in [-0.39, 0.29) is 29.9 Å². The molecule has 0 spiro atoms. The van der Waals surface area contributed by atoms with Gasteiger partial charge in [-0.1, -0.05) is 13.8 Å². The molecule has 1 heterocycles. The lowest BCUT2D eigenvalue weighted by molar-refractivity contribution is -0.150. The van der Waals surface area contributed by atoms with Crippen LogP contribution in [-0.2, 0) is 14.3 Å². The predicted molar refractivity (Wildman–Crippen MR) is 73.6 cm³/mol. The Hall–Kier alpha value is -1.10. The van der Waals surface area contributed by atoms with Crippen LogP contribution in [0.3, 0.4) is 0 Å². The van der Waals surface area contributed by atoms with Crippen molar-refractivity contribution >= 4 is 11.9 Å². The molecule has 5 nitrogen and oxygen atoms in total. The van der Waals surface area contributed by atoms with Gasteiger partial charge in [0.15, 0.2) is 0 Å². The molecule has 1 amide bonds. The van der Waals surface area contributed by atoms with Crippen molar-refractivity contribution < 1.29 is 14.3 Å². The maximum Gasteiger partial charge on any atom is 0.313 e. The second kappa shape index (κ2) is 5.90. The summed E-state index contributed by atoms with van der Waals surface area (Å²) in [5.41, 5.74) is -0.763. The average molecular weight is 270 g/mol. The largest absolute Gasteiger partial charge is 0.469 e. The monoisotopic (exact) mass is 270 g/mol. The zero-order valence-corrected chi connectivity index (χ0v) is 12.6. The molecule has 0 radical (unpaired) electrons. The van der Waals surface area contributed by atoms with Gasteiger partial charge in [-0.2, -0.15) is 0 Å². The standard InChI is InChI=1S/C14H26N2O3/c1-13(2)7-6-8-15-10(13)11(17)16-9-14(3,4)12(18)19-5/h10,15H,6-9H2,1-5H3,(H,16,17). The summed E-state index contributed by atoms with van der Waals surface area (Å²) >= 11 is 0. The van der Waals surface area contributed by atoms with E-state index in [1.165, 1.54) is 7.11 Å². The van der Waals surface area contributed by atoms with Gasteiger partial charge >= 0.3 is 5.97 Å². The van der Waals surface area contributed by atoms with Crippen LogP contribution in [0.15, 0.2) is 0 Å². The van der Waals surface area contributed by atoms with Crippen LogP contribution < -0.4 is 10.6 Å². The van der Waals surface area contributed by atoms with E-state index in [2.05, 4.69) is 24.5 Å². The third-order valence-corrected chi connectivity index (χ3v) is 3.83. The minimum atomic E-state index is -0.705. The molecule has 0 aromatic heterocycles. The molecule has 0 bridgehead atoms. The molecule has 1 fully saturated rings. The maximum absolute atomic E-state index is 12.2. The highest BCUT2D eigenvalue weighted by Gasteiger charge is 2.38. The molecule has 0 aromatic rings. The normalized spacial score (nSPS) is 22.7. The van der Waals surface area contributed by atoms with Crippen LogP contribution in [0.5, 0.6) is 0 Å². The van der Waals surface area contributed by atoms with Gasteiger partial charge in [0.05, 0.1) is 18.6 Å². The van der Waals surface area contributed by atoms with Crippen LogP contribution in [0.25, 0.3) is 0 Å². The fourth-order valence-corrected chi connectivity index (χ4v) is 2.42. The third kappa shape index (κ3) is 3.93. The third-order valence-electron chi connectivity index (χ3n) is 3.83. The summed E-state index contributed by atoms with van der Waals surface area (Å²) in [7, 11) is 1.36. The quantitative estimate of drug-likeness (QED) is 0.750. The van der Waals surface area contributed by atoms with Crippen molar-refractivity contribution in [1.82, 2.24) is 10.6 Å². The Morgan fingerprint density at radius 1 is 1.42 bits per heavy atom. The van der Waals surface area contributed by atoms with Crippen LogP contribution in [-0.4, -0.2) is 38.1 Å². The van der Waals surface area contributed by atoms with Gasteiger partial charge in [-0.05, 0) is 38.6 Å². The molecular weight excluding hydrogens is 244 g/mol. The fraction of sp³-hybridized carbons (Fsp3) is 0.857. The summed E-state index contributed by atoms with van der Waals surface area (Å²) in [6.07, 6.45) is 2.11. The summed E-state index contributed by atoms with van der Waals surface area (Å²) in [6, 6.07) is -0.199. The van der Waals surface area contributed by atoms with Gasteiger partial charge in [-0.3, -0.25) is 9.59 Å². The highest BCUT2D eigenvalue weighted by molar-refractivity contribution is 5.84. The number of hydrogen-bond donors (Lipinski definition) is 2. The maximum atomic E-state index is 12.2. The Labute approximate surface area is 115 Å². The Bertz CT molecular complexity index is 351. The topological polar surface area (TPSA) is 67.4 Å². The lowest BCUT2D eigenvalue weighted by atomic mass is 9.77. The van der Waals surface area contributed by atoms with Crippen molar-refractivity contribution in [2.24, 2.45) is 10.8 Å². The van der Waals surface area contributed by atoms with Crippen molar-refractivity contribution in [3.8, 4) is 0 Å². The Morgan fingerprint density at radius 3 is 2.58 bits per heavy atom. The average Bonchev–Trinajstić information content (AvgIpc) is 2.34. The van der Waals surface area contributed by atoms with Crippen molar-refractivity contribution in [2.75, 3.05) is 20.2 Å². The smallest absolute Gasteiger partial charge is 0.313 e. The molecule has 1 atom stereocenters. The van der Waals surface area contributed by atoms with Gasteiger partial charge < -0.3 is 15.4 Å². The number of esters is 1. The van der Waals surface area contributed by atoms with Crippen molar-refractivity contribution in [3.05, 3.63) is 0 Å². The molecule has 1 rings (SSSR count). The number of nitrogens with one attached hydrogen (secondary N) is 2. The van der Waals surface area contributed by atoms with E-state index in [9.17, 15) is 9.59 Å². The first-order valence-corrected chi connectivity index (χ1v) is 6.80. The number of rotatable bonds is 4. The van der Waals surface area contributed by atoms with Crippen LogP contribution in [0, 0.1) is 10.8 Å². The van der Waals surface area contributed by atoms with Crippen LogP contribution in [0.4, 0.5) is 0 Å². The predicted octanol–water partition coefficient (Wildman–Crippen LogP) is 1.08. The number of carbonyl (C=O) groups excluding carboxylic acids is 2. The number of ether oxygens (including phenoxy) is 1. The van der Waals surface area contributed by atoms with Gasteiger partial charge in [0.25, 0.3) is 0 Å². The van der Waals surface area contributed by atoms with Crippen molar-refractivity contribution in [1.29, 1.82) is 0 Å². The Balaban J connectivity index is 2.58. The minimum absolute atomic E-state index is 0.0401. The van der Waals surface area contributed by atoms with Crippen LogP contribution >= 0.6 is 0 Å². The number of piperidine rings is 1. The lowest BCUT2D eigenvalue weighted by Crippen LogP contribution is -2.56. The SMILES string of the molecule is COC(=O)C(C)(C)CNC(=O)C1NCCCC1(C)C. The van der Waals surface area contributed by atoms with Gasteiger partial charge in [0, 0.05) is 6.54 Å². The Kier molecular flexibility index (Phi) is 4.96. The van der Waals surface area contributed by atoms with E-state index in [1.807, 2.05) is 0 Å². The van der Waals surface area contributed by atoms with E-state index in [4.69, 9.17) is 4.74 Å². The summed E-state index contributed by atoms with van der Waals surface area (Å²) in [5.74, 6) is -0.356. The molecule has 1 saturated heterocycles. The van der Waals surface area contributed by atoms with Gasteiger partial charge in [0.1, 0.15) is 0 Å². The molecule has 0 aromatic carbocycles. The second-order valence-electron chi connectivity index (χ2n) is 6.57. The van der Waals surface area contributed by atoms with E-state index in [0.29, 0.717) is 0 Å². The molecular formula is C14H26N2O3. The molecule has 19 heavy (non-hydrogen) atoms. The van der Waals surface area contributed by atoms with E-state index < -0.39 is 5.41 Å². The molecule has 1 unspecified atom stereocenters. The molecule has 110 valence electrons. The van der Waals surface area contributed by atoms with Crippen LogP contribution in [0.2, 0.25) is 0 Å². The summed E-state index contributed by atoms with van der Waals surface area (Å²) < 4.78 is 4.73. The molecule has 1 aliphatic heterocycles. The lowest BCUT2D eigenvalue weighted by Gasteiger charge is -2.38. The minimum Gasteiger partial charge on any atom is -0.469 e. The fourth-order valence-electron chi connectivity index (χ4n) is 2.42. The number of methoxy groups -OCH3 is 1. The number of carbonyl (C=O) groups is 2. The molecule has 5 heteroatoms. The number of amides is 1. The molecule has 0 aliphatic carbocycles. The van der Waals surface area contributed by atoms with Gasteiger partial charge in [-0.15, -0.1) is 0 Å². The first kappa shape index (κ1) is 16.0.